The largest absolute Gasteiger partial charge is 0.528 e. The van der Waals surface area contributed by atoms with E-state index < -0.39 is 11.8 Å². The maximum atomic E-state index is 12.4. The summed E-state index contributed by atoms with van der Waals surface area (Å²) in [6, 6.07) is 13.9. The van der Waals surface area contributed by atoms with Gasteiger partial charge in [0.25, 0.3) is 0 Å². The van der Waals surface area contributed by atoms with Crippen LogP contribution < -0.4 is 4.74 Å². The van der Waals surface area contributed by atoms with E-state index in [4.69, 9.17) is 25.9 Å². The number of carbonyl (C=O) groups is 1. The van der Waals surface area contributed by atoms with Crippen LogP contribution in [0.3, 0.4) is 0 Å². The zero-order chi connectivity index (χ0) is 26.2. The summed E-state index contributed by atoms with van der Waals surface area (Å²) in [7, 11) is 0. The zero-order valence-electron chi connectivity index (χ0n) is 21.7. The number of aryl methyl sites for hydroxylation is 1. The fraction of sp³-hybridized carbons (Fsp3) is 0.464. The van der Waals surface area contributed by atoms with Gasteiger partial charge in [0.2, 0.25) is 0 Å². The quantitative estimate of drug-likeness (QED) is 0.359. The Labute approximate surface area is 222 Å². The van der Waals surface area contributed by atoms with Crippen LogP contribution in [0.4, 0.5) is 4.79 Å². The standard InChI is InChI=1S/C28H33ClN4O4/c1-18-6-5-7-23(14-18)35-22-11-8-19(9-12-22)26-31-30-25-17-32(37-27(34)36-28(2,3)4)16-20-15-21(29)10-13-24(20)33(25)26/h5-7,10,13-15,19,22H,8-9,11-12,16-17H2,1-4H3. The van der Waals surface area contributed by atoms with Gasteiger partial charge in [0.1, 0.15) is 17.2 Å². The van der Waals surface area contributed by atoms with Crippen LogP contribution >= 0.6 is 11.6 Å². The van der Waals surface area contributed by atoms with Gasteiger partial charge in [-0.3, -0.25) is 4.57 Å². The van der Waals surface area contributed by atoms with Crippen LogP contribution in [0.2, 0.25) is 5.02 Å². The zero-order valence-corrected chi connectivity index (χ0v) is 22.5. The van der Waals surface area contributed by atoms with Crippen molar-refractivity contribution in [3.8, 4) is 11.4 Å². The molecule has 0 saturated heterocycles. The van der Waals surface area contributed by atoms with E-state index in [1.54, 1.807) is 25.8 Å². The van der Waals surface area contributed by atoms with Gasteiger partial charge in [0.05, 0.1) is 24.9 Å². The van der Waals surface area contributed by atoms with Crippen LogP contribution in [0.1, 0.15) is 75.1 Å². The van der Waals surface area contributed by atoms with Gasteiger partial charge < -0.3 is 14.3 Å². The van der Waals surface area contributed by atoms with Gasteiger partial charge in [0.15, 0.2) is 5.82 Å². The van der Waals surface area contributed by atoms with Crippen molar-refractivity contribution in [1.29, 1.82) is 0 Å². The third-order valence-electron chi connectivity index (χ3n) is 6.63. The molecule has 0 N–H and O–H groups in total. The number of halogens is 1. The topological polar surface area (TPSA) is 78.7 Å². The first-order valence-corrected chi connectivity index (χ1v) is 13.1. The van der Waals surface area contributed by atoms with Gasteiger partial charge in [-0.2, -0.15) is 0 Å². The Morgan fingerprint density at radius 3 is 2.54 bits per heavy atom. The van der Waals surface area contributed by atoms with Crippen LogP contribution in [-0.2, 0) is 22.7 Å². The van der Waals surface area contributed by atoms with Gasteiger partial charge in [-0.1, -0.05) is 23.7 Å². The summed E-state index contributed by atoms with van der Waals surface area (Å²) in [4.78, 5) is 18.0. The van der Waals surface area contributed by atoms with Crippen LogP contribution in [-0.4, -0.2) is 37.7 Å². The predicted molar refractivity (Wildman–Crippen MR) is 140 cm³/mol. The Hall–Kier alpha value is -3.10. The van der Waals surface area contributed by atoms with Crippen molar-refractivity contribution < 1.29 is 19.1 Å². The van der Waals surface area contributed by atoms with Crippen LogP contribution in [0.5, 0.6) is 5.75 Å². The molecule has 1 aliphatic carbocycles. The third-order valence-corrected chi connectivity index (χ3v) is 6.86. The van der Waals surface area contributed by atoms with Crippen molar-refractivity contribution in [2.75, 3.05) is 0 Å². The summed E-state index contributed by atoms with van der Waals surface area (Å²) in [5, 5.41) is 11.3. The Bertz CT molecular complexity index is 1280. The number of benzene rings is 2. The van der Waals surface area contributed by atoms with Crippen molar-refractivity contribution in [1.82, 2.24) is 19.8 Å². The SMILES string of the molecule is Cc1cccc(OC2CCC(c3nnc4n3-c3ccc(Cl)cc3CN(OC(=O)OC(C)(C)C)C4)CC2)c1. The summed E-state index contributed by atoms with van der Waals surface area (Å²) in [5.74, 6) is 2.81. The third kappa shape index (κ3) is 6.08. The van der Waals surface area contributed by atoms with E-state index in [1.165, 1.54) is 5.56 Å². The molecule has 8 nitrogen and oxygen atoms in total. The molecule has 0 spiro atoms. The molecular weight excluding hydrogens is 492 g/mol. The minimum absolute atomic E-state index is 0.188. The number of hydrogen-bond donors (Lipinski definition) is 0. The monoisotopic (exact) mass is 524 g/mol. The Morgan fingerprint density at radius 1 is 1.03 bits per heavy atom. The summed E-state index contributed by atoms with van der Waals surface area (Å²) < 4.78 is 13.7. The number of ether oxygens (including phenoxy) is 2. The Balaban J connectivity index is 1.35. The lowest BCUT2D eigenvalue weighted by Gasteiger charge is -2.29. The highest BCUT2D eigenvalue weighted by Crippen LogP contribution is 2.37. The fourth-order valence-electron chi connectivity index (χ4n) is 5.02. The molecule has 1 fully saturated rings. The molecule has 3 aromatic rings. The maximum absolute atomic E-state index is 12.4. The molecule has 2 heterocycles. The summed E-state index contributed by atoms with van der Waals surface area (Å²) in [6.45, 7) is 8.12. The van der Waals surface area contributed by atoms with Gasteiger partial charge in [0, 0.05) is 10.9 Å². The Kier molecular flexibility index (Phi) is 7.14. The molecule has 0 radical (unpaired) electrons. The molecule has 0 bridgehead atoms. The van der Waals surface area contributed by atoms with Crippen LogP contribution in [0, 0.1) is 6.92 Å². The first-order chi connectivity index (χ1) is 17.6. The molecule has 1 aliphatic heterocycles. The molecule has 2 aromatic carbocycles. The molecule has 196 valence electrons. The van der Waals surface area contributed by atoms with E-state index in [0.717, 1.165) is 48.5 Å². The molecule has 2 aliphatic rings. The molecule has 0 unspecified atom stereocenters. The number of nitrogens with zero attached hydrogens (tertiary/aromatic N) is 4. The summed E-state index contributed by atoms with van der Waals surface area (Å²) >= 11 is 6.35. The number of fused-ring (bicyclic) bond motifs is 3. The van der Waals surface area contributed by atoms with Crippen LogP contribution in [0.25, 0.3) is 5.69 Å². The van der Waals surface area contributed by atoms with E-state index >= 15 is 0 Å². The lowest BCUT2D eigenvalue weighted by molar-refractivity contribution is -0.155. The van der Waals surface area contributed by atoms with E-state index in [0.29, 0.717) is 17.4 Å². The van der Waals surface area contributed by atoms with Crippen molar-refractivity contribution in [3.63, 3.8) is 0 Å². The van der Waals surface area contributed by atoms with Crippen molar-refractivity contribution in [2.24, 2.45) is 0 Å². The Morgan fingerprint density at radius 2 is 1.81 bits per heavy atom. The molecule has 9 heteroatoms. The molecule has 1 aromatic heterocycles. The molecular formula is C28H33ClN4O4. The van der Waals surface area contributed by atoms with Gasteiger partial charge in [-0.05, 0) is 94.8 Å². The minimum atomic E-state index is -0.754. The van der Waals surface area contributed by atoms with Crippen molar-refractivity contribution in [3.05, 3.63) is 70.3 Å². The minimum Gasteiger partial charge on any atom is -0.490 e. The average Bonchev–Trinajstić information content (AvgIpc) is 3.15. The number of rotatable bonds is 4. The lowest BCUT2D eigenvalue weighted by Crippen LogP contribution is -2.31. The van der Waals surface area contributed by atoms with Gasteiger partial charge >= 0.3 is 6.16 Å². The van der Waals surface area contributed by atoms with Crippen molar-refractivity contribution in [2.45, 2.75) is 84.1 Å². The van der Waals surface area contributed by atoms with E-state index in [1.807, 2.05) is 30.3 Å². The first kappa shape index (κ1) is 25.5. The number of hydrogen-bond acceptors (Lipinski definition) is 7. The molecule has 1 saturated carbocycles. The second kappa shape index (κ2) is 10.3. The molecule has 0 atom stereocenters. The fourth-order valence-corrected chi connectivity index (χ4v) is 5.22. The predicted octanol–water partition coefficient (Wildman–Crippen LogP) is 6.52. The second-order valence-corrected chi connectivity index (χ2v) is 11.3. The van der Waals surface area contributed by atoms with E-state index in [2.05, 4.69) is 33.8 Å². The highest BCUT2D eigenvalue weighted by Gasteiger charge is 2.32. The number of hydroxylamine groups is 2. The highest BCUT2D eigenvalue weighted by molar-refractivity contribution is 6.30. The number of aromatic nitrogens is 3. The number of carbonyl (C=O) groups excluding carboxylic acids is 1. The summed E-state index contributed by atoms with van der Waals surface area (Å²) in [6.07, 6.45) is 3.24. The summed E-state index contributed by atoms with van der Waals surface area (Å²) in [5.41, 5.74) is 2.42. The average molecular weight is 525 g/mol. The normalized spacial score (nSPS) is 19.9. The first-order valence-electron chi connectivity index (χ1n) is 12.8. The van der Waals surface area contributed by atoms with E-state index in [-0.39, 0.29) is 18.6 Å². The molecule has 5 rings (SSSR count). The smallest absolute Gasteiger partial charge is 0.490 e. The molecule has 0 amide bonds. The highest BCUT2D eigenvalue weighted by atomic mass is 35.5. The maximum Gasteiger partial charge on any atom is 0.528 e. The van der Waals surface area contributed by atoms with Crippen LogP contribution in [0.15, 0.2) is 42.5 Å². The lowest BCUT2D eigenvalue weighted by atomic mass is 9.86. The second-order valence-electron chi connectivity index (χ2n) is 10.8. The van der Waals surface area contributed by atoms with Crippen molar-refractivity contribution >= 4 is 17.8 Å². The molecule has 37 heavy (non-hydrogen) atoms. The van der Waals surface area contributed by atoms with E-state index in [9.17, 15) is 4.79 Å². The van der Waals surface area contributed by atoms with Gasteiger partial charge in [-0.25, -0.2) is 4.79 Å². The van der Waals surface area contributed by atoms with Gasteiger partial charge in [-0.15, -0.1) is 15.3 Å².